The van der Waals surface area contributed by atoms with Crippen LogP contribution in [0.2, 0.25) is 5.02 Å². The molecule has 0 heterocycles. The summed E-state index contributed by atoms with van der Waals surface area (Å²) in [6.07, 6.45) is 0. The van der Waals surface area contributed by atoms with E-state index >= 15 is 0 Å². The fourth-order valence-corrected chi connectivity index (χ4v) is 4.08. The summed E-state index contributed by atoms with van der Waals surface area (Å²) >= 11 is 5.97. The van der Waals surface area contributed by atoms with Crippen molar-refractivity contribution in [1.29, 1.82) is 0 Å². The van der Waals surface area contributed by atoms with E-state index in [1.54, 1.807) is 13.0 Å². The normalized spacial score (nSPS) is 11.1. The van der Waals surface area contributed by atoms with E-state index in [2.05, 4.69) is 0 Å². The molecule has 128 valence electrons. The van der Waals surface area contributed by atoms with Gasteiger partial charge in [-0.05, 0) is 31.2 Å². The van der Waals surface area contributed by atoms with E-state index in [1.807, 2.05) is 0 Å². The molecule has 0 unspecified atom stereocenters. The molecule has 2 aromatic carbocycles. The molecule has 2 rings (SSSR count). The third-order valence-electron chi connectivity index (χ3n) is 3.33. The van der Waals surface area contributed by atoms with Crippen LogP contribution < -0.4 is 9.04 Å². The Balaban J connectivity index is 2.67. The predicted molar refractivity (Wildman–Crippen MR) is 91.3 cm³/mol. The zero-order chi connectivity index (χ0) is 17.9. The fraction of sp³-hybridized carbons (Fsp3) is 0.200. The Hall–Kier alpha value is -2.32. The molecule has 0 amide bonds. The van der Waals surface area contributed by atoms with Gasteiger partial charge in [0.25, 0.3) is 15.7 Å². The topological polar surface area (TPSA) is 89.8 Å². The molecule has 2 aromatic rings. The summed E-state index contributed by atoms with van der Waals surface area (Å²) in [4.78, 5) is 10.1. The number of nitro groups is 1. The number of sulfonamides is 1. The van der Waals surface area contributed by atoms with Gasteiger partial charge in [-0.25, -0.2) is 8.42 Å². The lowest BCUT2D eigenvalue weighted by atomic mass is 10.3. The standard InChI is InChI=1S/C15H15ClN2O5S/c1-3-17(13-10-11(16)8-9-14(13)23-2)24(21,22)15-7-5-4-6-12(15)18(19)20/h4-10H,3H2,1-2H3. The van der Waals surface area contributed by atoms with Crippen molar-refractivity contribution in [3.63, 3.8) is 0 Å². The number of hydrogen-bond donors (Lipinski definition) is 0. The number of nitrogens with zero attached hydrogens (tertiary/aromatic N) is 2. The molecule has 7 nitrogen and oxygen atoms in total. The van der Waals surface area contributed by atoms with E-state index in [-0.39, 0.29) is 17.1 Å². The van der Waals surface area contributed by atoms with E-state index in [4.69, 9.17) is 16.3 Å². The number of halogens is 1. The minimum Gasteiger partial charge on any atom is -0.495 e. The van der Waals surface area contributed by atoms with Gasteiger partial charge in [0, 0.05) is 17.6 Å². The number of rotatable bonds is 6. The summed E-state index contributed by atoms with van der Waals surface area (Å²) in [7, 11) is -2.78. The van der Waals surface area contributed by atoms with Gasteiger partial charge in [0.1, 0.15) is 5.75 Å². The number of benzene rings is 2. The van der Waals surface area contributed by atoms with Crippen molar-refractivity contribution < 1.29 is 18.1 Å². The van der Waals surface area contributed by atoms with Gasteiger partial charge in [-0.15, -0.1) is 0 Å². The minimum absolute atomic E-state index is 0.0467. The van der Waals surface area contributed by atoms with E-state index in [1.165, 1.54) is 37.4 Å². The molecule has 0 aliphatic heterocycles. The first kappa shape index (κ1) is 18.0. The summed E-state index contributed by atoms with van der Waals surface area (Å²) in [5.41, 5.74) is -0.275. The van der Waals surface area contributed by atoms with E-state index in [0.29, 0.717) is 10.8 Å². The fourth-order valence-electron chi connectivity index (χ4n) is 2.27. The van der Waals surface area contributed by atoms with Crippen molar-refractivity contribution in [2.45, 2.75) is 11.8 Å². The zero-order valence-corrected chi connectivity index (χ0v) is 14.5. The molecule has 0 N–H and O–H groups in total. The van der Waals surface area contributed by atoms with Crippen LogP contribution >= 0.6 is 11.6 Å². The van der Waals surface area contributed by atoms with Crippen molar-refractivity contribution >= 4 is 33.0 Å². The Morgan fingerprint density at radius 2 is 1.92 bits per heavy atom. The van der Waals surface area contributed by atoms with Crippen LogP contribution in [0.5, 0.6) is 5.75 Å². The van der Waals surface area contributed by atoms with Crippen LogP contribution in [-0.4, -0.2) is 27.0 Å². The summed E-state index contributed by atoms with van der Waals surface area (Å²) in [5.74, 6) is 0.295. The number of hydrogen-bond acceptors (Lipinski definition) is 5. The summed E-state index contributed by atoms with van der Waals surface area (Å²) in [6, 6.07) is 9.74. The highest BCUT2D eigenvalue weighted by Gasteiger charge is 2.32. The molecule has 0 atom stereocenters. The third-order valence-corrected chi connectivity index (χ3v) is 5.50. The van der Waals surface area contributed by atoms with Crippen LogP contribution in [0.25, 0.3) is 0 Å². The second kappa shape index (κ2) is 7.06. The molecule has 0 saturated carbocycles. The quantitative estimate of drug-likeness (QED) is 0.573. The Kier molecular flexibility index (Phi) is 5.30. The molecule has 0 spiro atoms. The number of para-hydroxylation sites is 1. The molecular formula is C15H15ClN2O5S. The highest BCUT2D eigenvalue weighted by molar-refractivity contribution is 7.93. The first-order valence-electron chi connectivity index (χ1n) is 6.92. The highest BCUT2D eigenvalue weighted by Crippen LogP contribution is 2.36. The first-order chi connectivity index (χ1) is 11.3. The Morgan fingerprint density at radius 3 is 2.50 bits per heavy atom. The number of anilines is 1. The van der Waals surface area contributed by atoms with Crippen LogP contribution in [-0.2, 0) is 10.0 Å². The van der Waals surface area contributed by atoms with Gasteiger partial charge in [0.2, 0.25) is 0 Å². The molecular weight excluding hydrogens is 356 g/mol. The van der Waals surface area contributed by atoms with Crippen LogP contribution in [0.1, 0.15) is 6.92 Å². The monoisotopic (exact) mass is 370 g/mol. The van der Waals surface area contributed by atoms with E-state index in [9.17, 15) is 18.5 Å². The average molecular weight is 371 g/mol. The van der Waals surface area contributed by atoms with Crippen molar-refractivity contribution in [3.8, 4) is 5.75 Å². The molecule has 24 heavy (non-hydrogen) atoms. The molecule has 0 aliphatic carbocycles. The maximum Gasteiger partial charge on any atom is 0.289 e. The van der Waals surface area contributed by atoms with Gasteiger partial charge in [-0.1, -0.05) is 23.7 Å². The minimum atomic E-state index is -4.18. The van der Waals surface area contributed by atoms with Crippen LogP contribution in [0.3, 0.4) is 0 Å². The highest BCUT2D eigenvalue weighted by atomic mass is 35.5. The predicted octanol–water partition coefficient (Wildman–Crippen LogP) is 3.47. The lowest BCUT2D eigenvalue weighted by Gasteiger charge is -2.24. The second-order valence-electron chi connectivity index (χ2n) is 4.71. The van der Waals surface area contributed by atoms with E-state index in [0.717, 1.165) is 10.4 Å². The first-order valence-corrected chi connectivity index (χ1v) is 8.74. The second-order valence-corrected chi connectivity index (χ2v) is 6.98. The van der Waals surface area contributed by atoms with Crippen molar-refractivity contribution in [2.75, 3.05) is 18.0 Å². The molecule has 0 aliphatic rings. The van der Waals surface area contributed by atoms with Crippen molar-refractivity contribution in [3.05, 3.63) is 57.6 Å². The largest absolute Gasteiger partial charge is 0.495 e. The summed E-state index contributed by atoms with van der Waals surface area (Å²) < 4.78 is 32.2. The summed E-state index contributed by atoms with van der Waals surface area (Å²) in [5, 5.41) is 11.5. The smallest absolute Gasteiger partial charge is 0.289 e. The average Bonchev–Trinajstić information content (AvgIpc) is 2.55. The Labute approximate surface area is 144 Å². The molecule has 0 bridgehead atoms. The lowest BCUT2D eigenvalue weighted by molar-refractivity contribution is -0.387. The zero-order valence-electron chi connectivity index (χ0n) is 13.0. The Morgan fingerprint density at radius 1 is 1.25 bits per heavy atom. The van der Waals surface area contributed by atoms with E-state index < -0.39 is 20.6 Å². The number of methoxy groups -OCH3 is 1. The maximum atomic E-state index is 13.0. The van der Waals surface area contributed by atoms with Gasteiger partial charge in [0.15, 0.2) is 4.90 Å². The van der Waals surface area contributed by atoms with Gasteiger partial charge in [-0.3, -0.25) is 14.4 Å². The maximum absolute atomic E-state index is 13.0. The molecule has 9 heteroatoms. The Bertz CT molecular complexity index is 870. The van der Waals surface area contributed by atoms with Crippen molar-refractivity contribution in [2.24, 2.45) is 0 Å². The van der Waals surface area contributed by atoms with Gasteiger partial charge < -0.3 is 4.74 Å². The molecule has 0 saturated heterocycles. The molecule has 0 radical (unpaired) electrons. The molecule has 0 fully saturated rings. The molecule has 0 aromatic heterocycles. The van der Waals surface area contributed by atoms with Crippen LogP contribution in [0.4, 0.5) is 11.4 Å². The summed E-state index contributed by atoms with van der Waals surface area (Å²) in [6.45, 7) is 1.66. The number of ether oxygens (including phenoxy) is 1. The van der Waals surface area contributed by atoms with Gasteiger partial charge in [0.05, 0.1) is 17.7 Å². The number of nitro benzene ring substituents is 1. The third kappa shape index (κ3) is 3.29. The van der Waals surface area contributed by atoms with Crippen LogP contribution in [0.15, 0.2) is 47.4 Å². The van der Waals surface area contributed by atoms with Gasteiger partial charge in [-0.2, -0.15) is 0 Å². The van der Waals surface area contributed by atoms with Crippen LogP contribution in [0, 0.1) is 10.1 Å². The SMILES string of the molecule is CCN(c1cc(Cl)ccc1OC)S(=O)(=O)c1ccccc1[N+](=O)[O-]. The van der Waals surface area contributed by atoms with Gasteiger partial charge >= 0.3 is 0 Å². The van der Waals surface area contributed by atoms with Crippen molar-refractivity contribution in [1.82, 2.24) is 0 Å². The lowest BCUT2D eigenvalue weighted by Crippen LogP contribution is -2.31.